The molecule has 2 aromatic carbocycles. The zero-order chi connectivity index (χ0) is 15.0. The van der Waals surface area contributed by atoms with Crippen molar-refractivity contribution in [1.29, 1.82) is 0 Å². The van der Waals surface area contributed by atoms with Gasteiger partial charge in [-0.25, -0.2) is 8.78 Å². The lowest BCUT2D eigenvalue weighted by Crippen LogP contribution is -2.20. The molecule has 0 radical (unpaired) electrons. The molecule has 1 aliphatic heterocycles. The minimum atomic E-state index is -0.571. The monoisotopic (exact) mass is 353 g/mol. The Kier molecular flexibility index (Phi) is 3.95. The molecule has 0 aromatic heterocycles. The molecule has 0 saturated carbocycles. The molecule has 21 heavy (non-hydrogen) atoms. The van der Waals surface area contributed by atoms with Crippen LogP contribution < -0.4 is 10.1 Å². The summed E-state index contributed by atoms with van der Waals surface area (Å²) < 4.78 is 34.2. The van der Waals surface area contributed by atoms with E-state index in [4.69, 9.17) is 4.74 Å². The Balaban J connectivity index is 2.07. The highest BCUT2D eigenvalue weighted by Crippen LogP contribution is 2.33. The van der Waals surface area contributed by atoms with Crippen molar-refractivity contribution in [2.75, 3.05) is 13.7 Å². The van der Waals surface area contributed by atoms with Crippen molar-refractivity contribution in [3.05, 3.63) is 63.1 Å². The quantitative estimate of drug-likeness (QED) is 0.901. The number of ether oxygens (including phenoxy) is 1. The molecule has 0 bridgehead atoms. The Labute approximate surface area is 130 Å². The van der Waals surface area contributed by atoms with Crippen molar-refractivity contribution in [3.8, 4) is 5.75 Å². The lowest BCUT2D eigenvalue weighted by molar-refractivity contribution is 0.357. The van der Waals surface area contributed by atoms with Crippen LogP contribution in [0.4, 0.5) is 8.78 Å². The maximum atomic E-state index is 14.2. The predicted octanol–water partition coefficient (Wildman–Crippen LogP) is 3.97. The van der Waals surface area contributed by atoms with Gasteiger partial charge in [0.15, 0.2) is 0 Å². The molecule has 0 fully saturated rings. The molecule has 110 valence electrons. The largest absolute Gasteiger partial charge is 0.493 e. The van der Waals surface area contributed by atoms with Gasteiger partial charge in [0, 0.05) is 16.5 Å². The lowest BCUT2D eigenvalue weighted by atomic mass is 9.95. The van der Waals surface area contributed by atoms with Crippen molar-refractivity contribution in [1.82, 2.24) is 5.32 Å². The van der Waals surface area contributed by atoms with Crippen LogP contribution in [0.2, 0.25) is 0 Å². The summed E-state index contributed by atoms with van der Waals surface area (Å²) >= 11 is 3.10. The van der Waals surface area contributed by atoms with Crippen LogP contribution in [0.3, 0.4) is 0 Å². The molecule has 1 heterocycles. The Morgan fingerprint density at radius 2 is 1.90 bits per heavy atom. The maximum absolute atomic E-state index is 14.2. The summed E-state index contributed by atoms with van der Waals surface area (Å²) in [4.78, 5) is 0. The van der Waals surface area contributed by atoms with Crippen LogP contribution in [-0.2, 0) is 6.42 Å². The van der Waals surface area contributed by atoms with Crippen molar-refractivity contribution in [3.63, 3.8) is 0 Å². The van der Waals surface area contributed by atoms with E-state index in [1.165, 1.54) is 12.1 Å². The Morgan fingerprint density at radius 1 is 1.19 bits per heavy atom. The third kappa shape index (κ3) is 2.68. The van der Waals surface area contributed by atoms with Crippen LogP contribution in [-0.4, -0.2) is 13.7 Å². The van der Waals surface area contributed by atoms with E-state index in [2.05, 4.69) is 21.2 Å². The molecule has 1 atom stereocenters. The molecule has 1 unspecified atom stereocenters. The standard InChI is InChI=1S/C16H14BrF2NO/c1-20-16(15-12(18)7-11(17)8-13(15)19)10-2-3-14-9(6-10)4-5-21-14/h2-3,6-8,16,20H,4-5H2,1H3. The first kappa shape index (κ1) is 14.5. The highest BCUT2D eigenvalue weighted by atomic mass is 79.9. The van der Waals surface area contributed by atoms with E-state index in [1.807, 2.05) is 18.2 Å². The summed E-state index contributed by atoms with van der Waals surface area (Å²) in [6, 6.07) is 7.66. The van der Waals surface area contributed by atoms with E-state index in [1.54, 1.807) is 7.05 Å². The van der Waals surface area contributed by atoms with Gasteiger partial charge in [-0.05, 0) is 36.4 Å². The van der Waals surface area contributed by atoms with Gasteiger partial charge in [-0.15, -0.1) is 0 Å². The van der Waals surface area contributed by atoms with Crippen molar-refractivity contribution >= 4 is 15.9 Å². The number of rotatable bonds is 3. The molecule has 1 aliphatic rings. The van der Waals surface area contributed by atoms with E-state index in [-0.39, 0.29) is 5.56 Å². The molecule has 1 N–H and O–H groups in total. The number of nitrogens with one attached hydrogen (secondary N) is 1. The molecule has 0 amide bonds. The normalized spacial score (nSPS) is 14.7. The van der Waals surface area contributed by atoms with Gasteiger partial charge in [-0.3, -0.25) is 0 Å². The molecule has 5 heteroatoms. The van der Waals surface area contributed by atoms with Crippen LogP contribution in [0.5, 0.6) is 5.75 Å². The van der Waals surface area contributed by atoms with Gasteiger partial charge in [0.2, 0.25) is 0 Å². The third-order valence-corrected chi connectivity index (χ3v) is 4.13. The number of halogens is 3. The van der Waals surface area contributed by atoms with E-state index in [0.717, 1.165) is 23.3 Å². The Morgan fingerprint density at radius 3 is 2.57 bits per heavy atom. The van der Waals surface area contributed by atoms with Crippen molar-refractivity contribution < 1.29 is 13.5 Å². The second kappa shape index (κ2) is 5.73. The van der Waals surface area contributed by atoms with E-state index >= 15 is 0 Å². The van der Waals surface area contributed by atoms with Gasteiger partial charge in [-0.2, -0.15) is 0 Å². The Bertz CT molecular complexity index is 667. The summed E-state index contributed by atoms with van der Waals surface area (Å²) in [5.41, 5.74) is 1.92. The number of hydrogen-bond donors (Lipinski definition) is 1. The molecular formula is C16H14BrF2NO. The predicted molar refractivity (Wildman–Crippen MR) is 80.6 cm³/mol. The maximum Gasteiger partial charge on any atom is 0.132 e. The summed E-state index contributed by atoms with van der Waals surface area (Å²) in [5.74, 6) is -0.290. The summed E-state index contributed by atoms with van der Waals surface area (Å²) in [5, 5.41) is 2.99. The van der Waals surface area contributed by atoms with Gasteiger partial charge < -0.3 is 10.1 Å². The number of hydrogen-bond acceptors (Lipinski definition) is 2. The van der Waals surface area contributed by atoms with Gasteiger partial charge in [0.05, 0.1) is 12.6 Å². The van der Waals surface area contributed by atoms with Gasteiger partial charge in [0.1, 0.15) is 17.4 Å². The van der Waals surface area contributed by atoms with Crippen LogP contribution >= 0.6 is 15.9 Å². The third-order valence-electron chi connectivity index (χ3n) is 3.67. The molecule has 0 saturated heterocycles. The number of benzene rings is 2. The van der Waals surface area contributed by atoms with Gasteiger partial charge in [0.25, 0.3) is 0 Å². The second-order valence-corrected chi connectivity index (χ2v) is 5.89. The highest BCUT2D eigenvalue weighted by molar-refractivity contribution is 9.10. The topological polar surface area (TPSA) is 21.3 Å². The van der Waals surface area contributed by atoms with Crippen LogP contribution in [0.1, 0.15) is 22.7 Å². The molecule has 2 nitrogen and oxygen atoms in total. The molecule has 0 aliphatic carbocycles. The zero-order valence-electron chi connectivity index (χ0n) is 11.4. The Hall–Kier alpha value is -1.46. The number of fused-ring (bicyclic) bond motifs is 1. The van der Waals surface area contributed by atoms with Gasteiger partial charge >= 0.3 is 0 Å². The molecule has 0 spiro atoms. The minimum absolute atomic E-state index is 0.0274. The molecule has 2 aromatic rings. The first-order valence-corrected chi connectivity index (χ1v) is 7.47. The zero-order valence-corrected chi connectivity index (χ0v) is 13.0. The fraction of sp³-hybridized carbons (Fsp3) is 0.250. The van der Waals surface area contributed by atoms with E-state index in [0.29, 0.717) is 11.1 Å². The first-order valence-electron chi connectivity index (χ1n) is 6.67. The van der Waals surface area contributed by atoms with Crippen LogP contribution in [0.25, 0.3) is 0 Å². The highest BCUT2D eigenvalue weighted by Gasteiger charge is 2.23. The van der Waals surface area contributed by atoms with Crippen LogP contribution in [0.15, 0.2) is 34.8 Å². The summed E-state index contributed by atoms with van der Waals surface area (Å²) in [7, 11) is 1.69. The lowest BCUT2D eigenvalue weighted by Gasteiger charge is -2.19. The fourth-order valence-electron chi connectivity index (χ4n) is 2.69. The first-order chi connectivity index (χ1) is 10.1. The molecule has 3 rings (SSSR count). The van der Waals surface area contributed by atoms with Crippen molar-refractivity contribution in [2.45, 2.75) is 12.5 Å². The SMILES string of the molecule is CNC(c1ccc2c(c1)CCO2)c1c(F)cc(Br)cc1F. The van der Waals surface area contributed by atoms with E-state index < -0.39 is 17.7 Å². The summed E-state index contributed by atoms with van der Waals surface area (Å²) in [6.07, 6.45) is 0.824. The van der Waals surface area contributed by atoms with Gasteiger partial charge in [-0.1, -0.05) is 28.1 Å². The van der Waals surface area contributed by atoms with Crippen LogP contribution in [0, 0.1) is 11.6 Å². The summed E-state index contributed by atoms with van der Waals surface area (Å²) in [6.45, 7) is 0.657. The average Bonchev–Trinajstić information content (AvgIpc) is 2.89. The fourth-order valence-corrected chi connectivity index (χ4v) is 3.09. The second-order valence-electron chi connectivity index (χ2n) is 4.97. The smallest absolute Gasteiger partial charge is 0.132 e. The van der Waals surface area contributed by atoms with E-state index in [9.17, 15) is 8.78 Å². The molecular weight excluding hydrogens is 340 g/mol. The van der Waals surface area contributed by atoms with Crippen molar-refractivity contribution in [2.24, 2.45) is 0 Å². The minimum Gasteiger partial charge on any atom is -0.493 e. The average molecular weight is 354 g/mol.